The molecule has 0 spiro atoms. The summed E-state index contributed by atoms with van der Waals surface area (Å²) in [7, 11) is 0. The first-order chi connectivity index (χ1) is 17.1. The Hall–Kier alpha value is 0. The van der Waals surface area contributed by atoms with Crippen LogP contribution in [0.25, 0.3) is 0 Å². The molecule has 6 bridgehead atoms. The fourth-order valence-corrected chi connectivity index (χ4v) is 14.8. The first-order valence-corrected chi connectivity index (χ1v) is 17.1. The van der Waals surface area contributed by atoms with Gasteiger partial charge in [-0.2, -0.15) is 0 Å². The van der Waals surface area contributed by atoms with Crippen molar-refractivity contribution in [3.8, 4) is 0 Å². The van der Waals surface area contributed by atoms with E-state index in [0.29, 0.717) is 32.5 Å². The molecular formula is C37H64. The van der Waals surface area contributed by atoms with Gasteiger partial charge in [-0.25, -0.2) is 0 Å². The van der Waals surface area contributed by atoms with E-state index in [1.165, 1.54) is 57.8 Å². The topological polar surface area (TPSA) is 0 Å². The minimum atomic E-state index is 0.526. The number of hydrogen-bond donors (Lipinski definition) is 0. The maximum atomic E-state index is 2.79. The molecule has 0 aromatic heterocycles. The number of rotatable bonds is 7. The molecule has 0 saturated heterocycles. The average Bonchev–Trinajstić information content (AvgIpc) is 3.43. The van der Waals surface area contributed by atoms with Gasteiger partial charge in [0.1, 0.15) is 0 Å². The minimum absolute atomic E-state index is 0.526. The van der Waals surface area contributed by atoms with Crippen LogP contribution in [0.1, 0.15) is 147 Å². The molecule has 0 nitrogen and oxygen atoms in total. The van der Waals surface area contributed by atoms with Crippen LogP contribution in [0.5, 0.6) is 0 Å². The molecule has 37 heavy (non-hydrogen) atoms. The Morgan fingerprint density at radius 3 is 1.30 bits per heavy atom. The lowest BCUT2D eigenvalue weighted by molar-refractivity contribution is 0.0257. The van der Waals surface area contributed by atoms with Gasteiger partial charge in [-0.1, -0.05) is 89.0 Å². The van der Waals surface area contributed by atoms with Crippen LogP contribution < -0.4 is 0 Å². The fourth-order valence-electron chi connectivity index (χ4n) is 14.8. The van der Waals surface area contributed by atoms with E-state index in [0.717, 1.165) is 53.3 Å². The van der Waals surface area contributed by atoms with E-state index in [4.69, 9.17) is 0 Å². The Kier molecular flexibility index (Phi) is 5.92. The van der Waals surface area contributed by atoms with Crippen molar-refractivity contribution in [1.82, 2.24) is 0 Å². The molecule has 12 unspecified atom stereocenters. The highest BCUT2D eigenvalue weighted by atomic mass is 14.8. The van der Waals surface area contributed by atoms with E-state index in [1.807, 2.05) is 0 Å². The third-order valence-electron chi connectivity index (χ3n) is 17.8. The first kappa shape index (κ1) is 27.2. The van der Waals surface area contributed by atoms with Crippen LogP contribution in [0.15, 0.2) is 0 Å². The molecule has 6 aliphatic carbocycles. The Labute approximate surface area is 232 Å². The fraction of sp³-hybridized carbons (Fsp3) is 1.00. The highest BCUT2D eigenvalue weighted by Crippen LogP contribution is 2.78. The molecule has 12 atom stereocenters. The second-order valence-corrected chi connectivity index (χ2v) is 18.3. The second-order valence-electron chi connectivity index (χ2n) is 18.3. The summed E-state index contributed by atoms with van der Waals surface area (Å²) in [4.78, 5) is 0. The molecule has 0 aromatic carbocycles. The molecule has 0 heterocycles. The van der Waals surface area contributed by atoms with Crippen LogP contribution in [0, 0.1) is 85.8 Å². The van der Waals surface area contributed by atoms with Crippen molar-refractivity contribution in [2.75, 3.05) is 0 Å². The maximum absolute atomic E-state index is 2.79. The Morgan fingerprint density at radius 1 is 0.486 bits per heavy atom. The smallest absolute Gasteiger partial charge is 0.0241 e. The summed E-state index contributed by atoms with van der Waals surface area (Å²) in [5, 5.41) is 0. The molecule has 0 N–H and O–H groups in total. The lowest BCUT2D eigenvalue weighted by atomic mass is 9.58. The van der Waals surface area contributed by atoms with Crippen molar-refractivity contribution in [3.63, 3.8) is 0 Å². The second kappa shape index (κ2) is 8.05. The number of fused-ring (bicyclic) bond motifs is 6. The van der Waals surface area contributed by atoms with E-state index in [1.54, 1.807) is 12.8 Å². The van der Waals surface area contributed by atoms with Gasteiger partial charge in [-0.05, 0) is 144 Å². The van der Waals surface area contributed by atoms with Gasteiger partial charge < -0.3 is 0 Å². The van der Waals surface area contributed by atoms with Crippen LogP contribution in [0.4, 0.5) is 0 Å². The Bertz CT molecular complexity index is 907. The average molecular weight is 509 g/mol. The predicted molar refractivity (Wildman–Crippen MR) is 159 cm³/mol. The summed E-state index contributed by atoms with van der Waals surface area (Å²) >= 11 is 0. The van der Waals surface area contributed by atoms with Gasteiger partial charge in [0.15, 0.2) is 0 Å². The summed E-state index contributed by atoms with van der Waals surface area (Å²) in [6.45, 7) is 29.4. The predicted octanol–water partition coefficient (Wildman–Crippen LogP) is 11.0. The molecule has 6 aliphatic rings. The molecule has 0 amide bonds. The molecule has 0 aliphatic heterocycles. The molecule has 0 aromatic rings. The van der Waals surface area contributed by atoms with Gasteiger partial charge in [-0.3, -0.25) is 0 Å². The molecule has 0 heteroatoms. The summed E-state index contributed by atoms with van der Waals surface area (Å²) < 4.78 is 0. The van der Waals surface area contributed by atoms with Gasteiger partial charge in [0.05, 0.1) is 0 Å². The minimum Gasteiger partial charge on any atom is -0.0654 e. The molecule has 0 radical (unpaired) electrons. The highest BCUT2D eigenvalue weighted by Gasteiger charge is 2.71. The van der Waals surface area contributed by atoms with Gasteiger partial charge in [0.2, 0.25) is 0 Å². The number of hydrogen-bond acceptors (Lipinski definition) is 0. The van der Waals surface area contributed by atoms with Gasteiger partial charge >= 0.3 is 0 Å². The van der Waals surface area contributed by atoms with Crippen molar-refractivity contribution in [1.29, 1.82) is 0 Å². The standard InChI is InChI=1S/C37H64/c1-12-14-30-23(27-16-19-36(30,10)33(27,5)6)21-24-28-17-20-37(11,34(28,7)8)31(24)22-25-26(13-2)35(9)18-15-29(25)32(35,3)4/h23-31H,12-22H2,1-11H3. The van der Waals surface area contributed by atoms with Gasteiger partial charge in [0, 0.05) is 0 Å². The van der Waals surface area contributed by atoms with Crippen molar-refractivity contribution in [2.45, 2.75) is 147 Å². The Balaban J connectivity index is 1.34. The molecule has 6 saturated carbocycles. The highest BCUT2D eigenvalue weighted by molar-refractivity contribution is 5.20. The summed E-state index contributed by atoms with van der Waals surface area (Å²) in [6.07, 6.45) is 16.5. The zero-order chi connectivity index (χ0) is 27.0. The van der Waals surface area contributed by atoms with Gasteiger partial charge in [0.25, 0.3) is 0 Å². The van der Waals surface area contributed by atoms with Crippen LogP contribution in [-0.4, -0.2) is 0 Å². The van der Waals surface area contributed by atoms with E-state index in [9.17, 15) is 0 Å². The third kappa shape index (κ3) is 2.99. The van der Waals surface area contributed by atoms with E-state index in [2.05, 4.69) is 76.2 Å². The largest absolute Gasteiger partial charge is 0.0654 e. The Morgan fingerprint density at radius 2 is 0.865 bits per heavy atom. The molecule has 6 rings (SSSR count). The van der Waals surface area contributed by atoms with Crippen molar-refractivity contribution >= 4 is 0 Å². The normalized spacial score (nSPS) is 56.0. The maximum Gasteiger partial charge on any atom is -0.0241 e. The van der Waals surface area contributed by atoms with Crippen LogP contribution in [0.3, 0.4) is 0 Å². The first-order valence-electron chi connectivity index (χ1n) is 17.1. The lowest BCUT2D eigenvalue weighted by Crippen LogP contribution is -2.39. The zero-order valence-corrected chi connectivity index (χ0v) is 27.0. The van der Waals surface area contributed by atoms with Crippen LogP contribution >= 0.6 is 0 Å². The van der Waals surface area contributed by atoms with Crippen molar-refractivity contribution < 1.29 is 0 Å². The quantitative estimate of drug-likeness (QED) is 0.321. The van der Waals surface area contributed by atoms with Crippen molar-refractivity contribution in [3.05, 3.63) is 0 Å². The van der Waals surface area contributed by atoms with E-state index < -0.39 is 0 Å². The third-order valence-corrected chi connectivity index (χ3v) is 17.8. The van der Waals surface area contributed by atoms with Gasteiger partial charge in [-0.15, -0.1) is 0 Å². The SMILES string of the molecule is CCCC1C(CC2C3CCC(C)(C2CC2C4CCC(C)(C2CC)C4(C)C)C3(C)C)C2CCC1(C)C2(C)C. The molecule has 212 valence electrons. The summed E-state index contributed by atoms with van der Waals surface area (Å²) in [5.74, 6) is 8.81. The van der Waals surface area contributed by atoms with Crippen LogP contribution in [0.2, 0.25) is 0 Å². The molecule has 6 fully saturated rings. The van der Waals surface area contributed by atoms with E-state index in [-0.39, 0.29) is 0 Å². The van der Waals surface area contributed by atoms with Crippen LogP contribution in [-0.2, 0) is 0 Å². The summed E-state index contributed by atoms with van der Waals surface area (Å²) in [5.41, 5.74) is 3.33. The molecular weight excluding hydrogens is 444 g/mol. The lowest BCUT2D eigenvalue weighted by Gasteiger charge is -2.46. The van der Waals surface area contributed by atoms with E-state index >= 15 is 0 Å². The zero-order valence-electron chi connectivity index (χ0n) is 27.0. The van der Waals surface area contributed by atoms with Crippen molar-refractivity contribution in [2.24, 2.45) is 85.8 Å². The summed E-state index contributed by atoms with van der Waals surface area (Å²) in [6, 6.07) is 0. The monoisotopic (exact) mass is 509 g/mol.